The Hall–Kier alpha value is -0.940. The van der Waals surface area contributed by atoms with Gasteiger partial charge < -0.3 is 9.80 Å². The summed E-state index contributed by atoms with van der Waals surface area (Å²) >= 11 is 1.47. The maximum Gasteiger partial charge on any atom is 0.273 e. The maximum atomic E-state index is 12.2. The molecule has 4 nitrogen and oxygen atoms in total. The highest BCUT2D eigenvalue weighted by molar-refractivity contribution is 7.07. The second kappa shape index (κ2) is 5.80. The largest absolute Gasteiger partial charge is 0.337 e. The van der Waals surface area contributed by atoms with Gasteiger partial charge in [-0.25, -0.2) is 4.98 Å². The van der Waals surface area contributed by atoms with Crippen molar-refractivity contribution in [1.29, 1.82) is 0 Å². The van der Waals surface area contributed by atoms with Crippen LogP contribution in [0.3, 0.4) is 0 Å². The molecule has 1 aliphatic heterocycles. The van der Waals surface area contributed by atoms with Crippen LogP contribution >= 0.6 is 11.3 Å². The average Bonchev–Trinajstić information content (AvgIpc) is 2.91. The van der Waals surface area contributed by atoms with Gasteiger partial charge >= 0.3 is 0 Å². The van der Waals surface area contributed by atoms with E-state index in [0.29, 0.717) is 17.8 Å². The molecular formula is C13H21N3OS. The number of hydrogen-bond acceptors (Lipinski definition) is 4. The van der Waals surface area contributed by atoms with Crippen LogP contribution in [0.4, 0.5) is 0 Å². The number of likely N-dealkylation sites (tertiary alicyclic amines) is 1. The van der Waals surface area contributed by atoms with E-state index in [-0.39, 0.29) is 5.91 Å². The second-order valence-corrected chi connectivity index (χ2v) is 5.87. The molecule has 0 aliphatic carbocycles. The van der Waals surface area contributed by atoms with Crippen molar-refractivity contribution in [3.63, 3.8) is 0 Å². The summed E-state index contributed by atoms with van der Waals surface area (Å²) in [5.41, 5.74) is 2.29. The number of aromatic nitrogens is 1. The molecule has 18 heavy (non-hydrogen) atoms. The molecule has 2 heterocycles. The Kier molecular flexibility index (Phi) is 4.35. The first kappa shape index (κ1) is 13.5. The highest BCUT2D eigenvalue weighted by Gasteiger charge is 2.27. The molecule has 1 saturated heterocycles. The van der Waals surface area contributed by atoms with Gasteiger partial charge in [-0.05, 0) is 26.7 Å². The Labute approximate surface area is 113 Å². The number of carbonyl (C=O) groups excluding carboxylic acids is 1. The Bertz CT molecular complexity index is 383. The van der Waals surface area contributed by atoms with Crippen molar-refractivity contribution < 1.29 is 4.79 Å². The van der Waals surface area contributed by atoms with Gasteiger partial charge in [0.1, 0.15) is 5.69 Å². The Morgan fingerprint density at radius 2 is 2.17 bits per heavy atom. The minimum Gasteiger partial charge on any atom is -0.337 e. The third-order valence-electron chi connectivity index (χ3n) is 3.75. The van der Waals surface area contributed by atoms with Crippen LogP contribution in [0.1, 0.15) is 37.2 Å². The lowest BCUT2D eigenvalue weighted by Crippen LogP contribution is -2.47. The molecule has 1 amide bonds. The Balaban J connectivity index is 1.91. The van der Waals surface area contributed by atoms with Crippen molar-refractivity contribution >= 4 is 17.2 Å². The number of thiazole rings is 1. The lowest BCUT2D eigenvalue weighted by Gasteiger charge is -2.38. The van der Waals surface area contributed by atoms with E-state index in [1.54, 1.807) is 5.51 Å². The van der Waals surface area contributed by atoms with Gasteiger partial charge in [0.2, 0.25) is 0 Å². The van der Waals surface area contributed by atoms with Gasteiger partial charge in [0, 0.05) is 37.6 Å². The van der Waals surface area contributed by atoms with Crippen molar-refractivity contribution in [3.8, 4) is 0 Å². The van der Waals surface area contributed by atoms with Crippen LogP contribution in [0, 0.1) is 0 Å². The molecule has 5 heteroatoms. The molecule has 1 aliphatic rings. The quantitative estimate of drug-likeness (QED) is 0.841. The highest BCUT2D eigenvalue weighted by Crippen LogP contribution is 2.19. The molecule has 1 aromatic rings. The SMILES string of the molecule is CC(C)N1CCC(N(C)C(=O)c2cscn2)CC1. The number of nitrogens with zero attached hydrogens (tertiary/aromatic N) is 3. The van der Waals surface area contributed by atoms with Gasteiger partial charge in [0.05, 0.1) is 5.51 Å². The first-order chi connectivity index (χ1) is 8.59. The van der Waals surface area contributed by atoms with E-state index in [4.69, 9.17) is 0 Å². The van der Waals surface area contributed by atoms with Crippen LogP contribution in [0.15, 0.2) is 10.9 Å². The molecule has 0 aromatic carbocycles. The molecule has 0 saturated carbocycles. The maximum absolute atomic E-state index is 12.2. The van der Waals surface area contributed by atoms with Crippen molar-refractivity contribution in [1.82, 2.24) is 14.8 Å². The molecule has 0 N–H and O–H groups in total. The predicted octanol–water partition coefficient (Wildman–Crippen LogP) is 2.09. The number of hydrogen-bond donors (Lipinski definition) is 0. The minimum atomic E-state index is 0.0549. The van der Waals surface area contributed by atoms with E-state index in [9.17, 15) is 4.79 Å². The molecule has 100 valence electrons. The van der Waals surface area contributed by atoms with E-state index in [1.807, 2.05) is 17.3 Å². The summed E-state index contributed by atoms with van der Waals surface area (Å²) in [6.45, 7) is 6.61. The second-order valence-electron chi connectivity index (χ2n) is 5.15. The van der Waals surface area contributed by atoms with Crippen molar-refractivity contribution in [2.75, 3.05) is 20.1 Å². The van der Waals surface area contributed by atoms with Crippen LogP contribution in [-0.4, -0.2) is 52.9 Å². The summed E-state index contributed by atoms with van der Waals surface area (Å²) in [7, 11) is 1.90. The fourth-order valence-corrected chi connectivity index (χ4v) is 2.98. The summed E-state index contributed by atoms with van der Waals surface area (Å²) in [6.07, 6.45) is 2.12. The summed E-state index contributed by atoms with van der Waals surface area (Å²) in [5, 5.41) is 1.82. The minimum absolute atomic E-state index is 0.0549. The van der Waals surface area contributed by atoms with Crippen LogP contribution in [0.5, 0.6) is 0 Å². The third kappa shape index (κ3) is 2.90. The van der Waals surface area contributed by atoms with Crippen LogP contribution in [0.25, 0.3) is 0 Å². The van der Waals surface area contributed by atoms with E-state index >= 15 is 0 Å². The molecule has 1 aromatic heterocycles. The van der Waals surface area contributed by atoms with Crippen LogP contribution in [0.2, 0.25) is 0 Å². The molecule has 0 radical (unpaired) electrons. The van der Waals surface area contributed by atoms with Crippen molar-refractivity contribution in [2.45, 2.75) is 38.8 Å². The first-order valence-corrected chi connectivity index (χ1v) is 7.43. The lowest BCUT2D eigenvalue weighted by atomic mass is 10.0. The standard InChI is InChI=1S/C13H21N3OS/c1-10(2)16-6-4-11(5-7-16)15(3)13(17)12-8-18-9-14-12/h8-11H,4-7H2,1-3H3. The number of amides is 1. The van der Waals surface area contributed by atoms with Gasteiger partial charge in [-0.1, -0.05) is 0 Å². The average molecular weight is 267 g/mol. The van der Waals surface area contributed by atoms with Crippen LogP contribution < -0.4 is 0 Å². The van der Waals surface area contributed by atoms with Gasteiger partial charge in [-0.3, -0.25) is 4.79 Å². The summed E-state index contributed by atoms with van der Waals surface area (Å²) in [5.74, 6) is 0.0549. The summed E-state index contributed by atoms with van der Waals surface area (Å²) in [6, 6.07) is 0.958. The topological polar surface area (TPSA) is 36.4 Å². The van der Waals surface area contributed by atoms with Crippen molar-refractivity contribution in [2.24, 2.45) is 0 Å². The zero-order valence-corrected chi connectivity index (χ0v) is 12.1. The summed E-state index contributed by atoms with van der Waals surface area (Å²) < 4.78 is 0. The van der Waals surface area contributed by atoms with E-state index in [2.05, 4.69) is 23.7 Å². The molecule has 1 fully saturated rings. The fourth-order valence-electron chi connectivity index (χ4n) is 2.45. The van der Waals surface area contributed by atoms with Gasteiger partial charge in [-0.2, -0.15) is 0 Å². The molecule has 0 spiro atoms. The fraction of sp³-hybridized carbons (Fsp3) is 0.692. The normalized spacial score (nSPS) is 18.2. The highest BCUT2D eigenvalue weighted by atomic mass is 32.1. The van der Waals surface area contributed by atoms with E-state index in [0.717, 1.165) is 25.9 Å². The van der Waals surface area contributed by atoms with Gasteiger partial charge in [-0.15, -0.1) is 11.3 Å². The number of piperidine rings is 1. The smallest absolute Gasteiger partial charge is 0.273 e. The zero-order valence-electron chi connectivity index (χ0n) is 11.3. The molecule has 0 atom stereocenters. The monoisotopic (exact) mass is 267 g/mol. The van der Waals surface area contributed by atoms with Gasteiger partial charge in [0.25, 0.3) is 5.91 Å². The Morgan fingerprint density at radius 1 is 1.50 bits per heavy atom. The Morgan fingerprint density at radius 3 is 2.67 bits per heavy atom. The summed E-state index contributed by atoms with van der Waals surface area (Å²) in [4.78, 5) is 20.6. The number of rotatable bonds is 3. The zero-order chi connectivity index (χ0) is 13.1. The molecular weight excluding hydrogens is 246 g/mol. The molecule has 0 unspecified atom stereocenters. The first-order valence-electron chi connectivity index (χ1n) is 6.49. The van der Waals surface area contributed by atoms with E-state index < -0.39 is 0 Å². The van der Waals surface area contributed by atoms with Crippen LogP contribution in [-0.2, 0) is 0 Å². The molecule has 0 bridgehead atoms. The van der Waals surface area contributed by atoms with Gasteiger partial charge in [0.15, 0.2) is 0 Å². The predicted molar refractivity (Wildman–Crippen MR) is 73.9 cm³/mol. The third-order valence-corrected chi connectivity index (χ3v) is 4.34. The molecule has 2 rings (SSSR count). The van der Waals surface area contributed by atoms with E-state index in [1.165, 1.54) is 11.3 Å². The lowest BCUT2D eigenvalue weighted by molar-refractivity contribution is 0.0610. The van der Waals surface area contributed by atoms with Crippen molar-refractivity contribution in [3.05, 3.63) is 16.6 Å². The number of carbonyl (C=O) groups is 1.